The third kappa shape index (κ3) is 3.02. The molecule has 0 spiro atoms. The van der Waals surface area contributed by atoms with E-state index in [-0.39, 0.29) is 10.7 Å². The van der Waals surface area contributed by atoms with Crippen LogP contribution < -0.4 is 4.72 Å². The maximum absolute atomic E-state index is 12.3. The van der Waals surface area contributed by atoms with Crippen molar-refractivity contribution in [1.29, 1.82) is 0 Å². The number of sulfonamides is 1. The summed E-state index contributed by atoms with van der Waals surface area (Å²) in [6.45, 7) is 0. The number of nitrogens with zero attached hydrogens (tertiary/aromatic N) is 1. The monoisotopic (exact) mass is 352 g/mol. The first kappa shape index (κ1) is 15.1. The van der Waals surface area contributed by atoms with Gasteiger partial charge in [0.15, 0.2) is 0 Å². The van der Waals surface area contributed by atoms with Gasteiger partial charge in [-0.15, -0.1) is 0 Å². The maximum Gasteiger partial charge on any atom is 0.263 e. The van der Waals surface area contributed by atoms with E-state index in [1.165, 1.54) is 24.3 Å². The number of anilines is 1. The van der Waals surface area contributed by atoms with Crippen molar-refractivity contribution in [3.05, 3.63) is 64.6 Å². The molecule has 1 aromatic heterocycles. The normalized spacial score (nSPS) is 11.5. The quantitative estimate of drug-likeness (QED) is 0.762. The zero-order chi connectivity index (χ0) is 15.7. The predicted octanol–water partition coefficient (Wildman–Crippen LogP) is 4.34. The number of benzene rings is 2. The van der Waals surface area contributed by atoms with Crippen molar-refractivity contribution >= 4 is 49.9 Å². The van der Waals surface area contributed by atoms with E-state index in [4.69, 9.17) is 23.2 Å². The van der Waals surface area contributed by atoms with Gasteiger partial charge in [0.2, 0.25) is 0 Å². The Kier molecular flexibility index (Phi) is 3.95. The Balaban J connectivity index is 1.97. The van der Waals surface area contributed by atoms with Crippen molar-refractivity contribution in [2.75, 3.05) is 4.72 Å². The number of halogens is 2. The van der Waals surface area contributed by atoms with Crippen molar-refractivity contribution < 1.29 is 8.42 Å². The summed E-state index contributed by atoms with van der Waals surface area (Å²) in [5, 5.41) is 1.80. The fourth-order valence-electron chi connectivity index (χ4n) is 1.98. The first-order valence-electron chi connectivity index (χ1n) is 6.29. The molecule has 0 radical (unpaired) electrons. The largest absolute Gasteiger partial charge is 0.263 e. The van der Waals surface area contributed by atoms with Crippen LogP contribution in [-0.4, -0.2) is 13.4 Å². The first-order valence-corrected chi connectivity index (χ1v) is 8.53. The molecule has 3 aromatic rings. The average molecular weight is 353 g/mol. The summed E-state index contributed by atoms with van der Waals surface area (Å²) >= 11 is 11.8. The van der Waals surface area contributed by atoms with Gasteiger partial charge >= 0.3 is 0 Å². The smallest absolute Gasteiger partial charge is 0.263 e. The van der Waals surface area contributed by atoms with Crippen LogP contribution >= 0.6 is 23.2 Å². The summed E-state index contributed by atoms with van der Waals surface area (Å²) in [6.07, 6.45) is 0. The lowest BCUT2D eigenvalue weighted by atomic mass is 10.2. The second kappa shape index (κ2) is 5.76. The number of nitrogens with one attached hydrogen (secondary N) is 1. The van der Waals surface area contributed by atoms with Crippen LogP contribution in [0.15, 0.2) is 59.5 Å². The van der Waals surface area contributed by atoms with Crippen LogP contribution in [0.4, 0.5) is 5.82 Å². The zero-order valence-corrected chi connectivity index (χ0v) is 13.5. The fourth-order valence-corrected chi connectivity index (χ4v) is 3.34. The van der Waals surface area contributed by atoms with Crippen LogP contribution in [0.25, 0.3) is 10.9 Å². The Bertz CT molecular complexity index is 941. The van der Waals surface area contributed by atoms with Crippen LogP contribution in [0.2, 0.25) is 10.0 Å². The predicted molar refractivity (Wildman–Crippen MR) is 89.0 cm³/mol. The van der Waals surface area contributed by atoms with Gasteiger partial charge in [0.25, 0.3) is 10.0 Å². The second-order valence-electron chi connectivity index (χ2n) is 4.56. The van der Waals surface area contributed by atoms with Gasteiger partial charge in [-0.2, -0.15) is 0 Å². The molecule has 0 fully saturated rings. The van der Waals surface area contributed by atoms with Gasteiger partial charge in [0.1, 0.15) is 5.82 Å². The molecule has 0 aliphatic carbocycles. The van der Waals surface area contributed by atoms with E-state index < -0.39 is 10.0 Å². The summed E-state index contributed by atoms with van der Waals surface area (Å²) in [7, 11) is -3.71. The van der Waals surface area contributed by atoms with Crippen LogP contribution in [0.3, 0.4) is 0 Å². The summed E-state index contributed by atoms with van der Waals surface area (Å²) < 4.78 is 27.0. The standard InChI is InChI=1S/C15H10Cl2N2O2S/c16-10-4-6-11(7-5-10)22(20,21)19-15-9-8-12-13(17)2-1-3-14(12)18-15/h1-9H,(H,18,19). The molecule has 1 N–H and O–H groups in total. The Morgan fingerprint density at radius 1 is 0.909 bits per heavy atom. The molecule has 1 heterocycles. The van der Waals surface area contributed by atoms with E-state index >= 15 is 0 Å². The van der Waals surface area contributed by atoms with E-state index in [1.54, 1.807) is 30.3 Å². The molecular weight excluding hydrogens is 343 g/mol. The minimum atomic E-state index is -3.71. The molecule has 0 saturated heterocycles. The highest BCUT2D eigenvalue weighted by Gasteiger charge is 2.15. The SMILES string of the molecule is O=S(=O)(Nc1ccc2c(Cl)cccc2n1)c1ccc(Cl)cc1. The zero-order valence-electron chi connectivity index (χ0n) is 11.1. The highest BCUT2D eigenvalue weighted by Crippen LogP contribution is 2.24. The molecule has 0 amide bonds. The summed E-state index contributed by atoms with van der Waals surface area (Å²) in [5.74, 6) is 0.227. The number of aromatic nitrogens is 1. The van der Waals surface area contributed by atoms with Crippen molar-refractivity contribution in [1.82, 2.24) is 4.98 Å². The van der Waals surface area contributed by atoms with Gasteiger partial charge < -0.3 is 0 Å². The molecule has 22 heavy (non-hydrogen) atoms. The third-order valence-electron chi connectivity index (χ3n) is 3.04. The lowest BCUT2D eigenvalue weighted by molar-refractivity contribution is 0.601. The van der Waals surface area contributed by atoms with Gasteiger partial charge in [-0.05, 0) is 48.5 Å². The number of rotatable bonds is 3. The Morgan fingerprint density at radius 3 is 2.36 bits per heavy atom. The summed E-state index contributed by atoms with van der Waals surface area (Å²) in [6, 6.07) is 14.5. The average Bonchev–Trinajstić information content (AvgIpc) is 2.47. The number of hydrogen-bond acceptors (Lipinski definition) is 3. The summed E-state index contributed by atoms with van der Waals surface area (Å²) in [5.41, 5.74) is 0.615. The molecule has 2 aromatic carbocycles. The molecule has 0 atom stereocenters. The van der Waals surface area contributed by atoms with E-state index in [2.05, 4.69) is 9.71 Å². The van der Waals surface area contributed by atoms with Crippen LogP contribution in [-0.2, 0) is 10.0 Å². The number of fused-ring (bicyclic) bond motifs is 1. The Hall–Kier alpha value is -1.82. The molecule has 0 aliphatic heterocycles. The van der Waals surface area contributed by atoms with Crippen molar-refractivity contribution in [3.63, 3.8) is 0 Å². The molecule has 0 saturated carbocycles. The highest BCUT2D eigenvalue weighted by atomic mass is 35.5. The van der Waals surface area contributed by atoms with Gasteiger partial charge in [-0.3, -0.25) is 4.72 Å². The van der Waals surface area contributed by atoms with Crippen molar-refractivity contribution in [3.8, 4) is 0 Å². The fraction of sp³-hybridized carbons (Fsp3) is 0. The van der Waals surface area contributed by atoms with Gasteiger partial charge in [0, 0.05) is 15.4 Å². The minimum Gasteiger partial charge on any atom is -0.263 e. The molecule has 4 nitrogen and oxygen atoms in total. The van der Waals surface area contributed by atoms with Crippen molar-refractivity contribution in [2.24, 2.45) is 0 Å². The first-order chi connectivity index (χ1) is 10.5. The lowest BCUT2D eigenvalue weighted by Crippen LogP contribution is -2.13. The van der Waals surface area contributed by atoms with Gasteiger partial charge in [-0.1, -0.05) is 29.3 Å². The molecule has 0 aliphatic rings. The van der Waals surface area contributed by atoms with Crippen LogP contribution in [0.1, 0.15) is 0 Å². The molecule has 0 unspecified atom stereocenters. The topological polar surface area (TPSA) is 59.1 Å². The van der Waals surface area contributed by atoms with Crippen LogP contribution in [0, 0.1) is 0 Å². The lowest BCUT2D eigenvalue weighted by Gasteiger charge is -2.08. The van der Waals surface area contributed by atoms with Gasteiger partial charge in [-0.25, -0.2) is 13.4 Å². The second-order valence-corrected chi connectivity index (χ2v) is 7.09. The third-order valence-corrected chi connectivity index (χ3v) is 4.99. The minimum absolute atomic E-state index is 0.116. The van der Waals surface area contributed by atoms with E-state index in [1.807, 2.05) is 0 Å². The van der Waals surface area contributed by atoms with E-state index in [0.29, 0.717) is 15.6 Å². The maximum atomic E-state index is 12.3. The molecule has 112 valence electrons. The number of hydrogen-bond donors (Lipinski definition) is 1. The molecule has 0 bridgehead atoms. The van der Waals surface area contributed by atoms with Crippen LogP contribution in [0.5, 0.6) is 0 Å². The highest BCUT2D eigenvalue weighted by molar-refractivity contribution is 7.92. The Morgan fingerprint density at radius 2 is 1.64 bits per heavy atom. The number of pyridine rings is 1. The van der Waals surface area contributed by atoms with E-state index in [0.717, 1.165) is 5.39 Å². The summed E-state index contributed by atoms with van der Waals surface area (Å²) in [4.78, 5) is 4.38. The van der Waals surface area contributed by atoms with E-state index in [9.17, 15) is 8.42 Å². The molecular formula is C15H10Cl2N2O2S. The molecule has 7 heteroatoms. The Labute approximate surface area is 137 Å². The van der Waals surface area contributed by atoms with Crippen molar-refractivity contribution in [2.45, 2.75) is 4.90 Å². The molecule has 3 rings (SSSR count). The van der Waals surface area contributed by atoms with Gasteiger partial charge in [0.05, 0.1) is 10.4 Å².